The van der Waals surface area contributed by atoms with Crippen molar-refractivity contribution in [3.05, 3.63) is 29.0 Å². The first-order valence-electron chi connectivity index (χ1n) is 5.60. The van der Waals surface area contributed by atoms with Crippen molar-refractivity contribution in [2.24, 2.45) is 0 Å². The second kappa shape index (κ2) is 6.37. The molecule has 0 amide bonds. The topological polar surface area (TPSA) is 49.4 Å². The lowest BCUT2D eigenvalue weighted by Gasteiger charge is -2.31. The molecule has 1 aromatic carbocycles. The van der Waals surface area contributed by atoms with Crippen LogP contribution in [0.3, 0.4) is 0 Å². The largest absolute Gasteiger partial charge is 0.312 e. The van der Waals surface area contributed by atoms with Crippen LogP contribution in [0.15, 0.2) is 23.1 Å². The Bertz CT molecular complexity index is 554. The third-order valence-corrected chi connectivity index (χ3v) is 5.19. The summed E-state index contributed by atoms with van der Waals surface area (Å²) in [5.41, 5.74) is 0. The Hall–Kier alpha value is -0.400. The number of rotatable bonds is 2. The second-order valence-corrected chi connectivity index (χ2v) is 6.61. The SMILES string of the molecule is CC1CN(S(=O)(=O)c2cc(F)ccc2Cl)CCN1.Cl. The number of hydrogen-bond acceptors (Lipinski definition) is 3. The van der Waals surface area contributed by atoms with Crippen LogP contribution in [0.1, 0.15) is 6.92 Å². The molecule has 1 atom stereocenters. The minimum absolute atomic E-state index is 0. The van der Waals surface area contributed by atoms with Crippen molar-refractivity contribution in [3.8, 4) is 0 Å². The molecule has 0 aliphatic carbocycles. The maximum atomic E-state index is 13.2. The van der Waals surface area contributed by atoms with Crippen molar-refractivity contribution in [2.45, 2.75) is 17.9 Å². The zero-order valence-electron chi connectivity index (χ0n) is 10.3. The molecule has 0 saturated carbocycles. The minimum Gasteiger partial charge on any atom is -0.312 e. The molecule has 0 radical (unpaired) electrons. The second-order valence-electron chi connectivity index (χ2n) is 4.29. The van der Waals surface area contributed by atoms with Crippen LogP contribution in [-0.4, -0.2) is 38.4 Å². The zero-order valence-corrected chi connectivity index (χ0v) is 12.7. The van der Waals surface area contributed by atoms with Crippen LogP contribution in [0.5, 0.6) is 0 Å². The van der Waals surface area contributed by atoms with Gasteiger partial charge in [0.1, 0.15) is 10.7 Å². The van der Waals surface area contributed by atoms with E-state index in [4.69, 9.17) is 11.6 Å². The highest BCUT2D eigenvalue weighted by molar-refractivity contribution is 7.89. The molecule has 1 heterocycles. The number of nitrogens with one attached hydrogen (secondary N) is 1. The van der Waals surface area contributed by atoms with E-state index in [1.54, 1.807) is 0 Å². The van der Waals surface area contributed by atoms with Crippen LogP contribution >= 0.6 is 24.0 Å². The average Bonchev–Trinajstić information content (AvgIpc) is 2.32. The molecule has 0 bridgehead atoms. The Balaban J connectivity index is 0.00000180. The lowest BCUT2D eigenvalue weighted by molar-refractivity contribution is 0.310. The molecule has 2 rings (SSSR count). The van der Waals surface area contributed by atoms with Crippen molar-refractivity contribution < 1.29 is 12.8 Å². The van der Waals surface area contributed by atoms with Crippen molar-refractivity contribution in [1.82, 2.24) is 9.62 Å². The van der Waals surface area contributed by atoms with Crippen LogP contribution in [0.2, 0.25) is 5.02 Å². The maximum absolute atomic E-state index is 13.2. The van der Waals surface area contributed by atoms with E-state index in [-0.39, 0.29) is 28.4 Å². The molecule has 1 aliphatic heterocycles. The smallest absolute Gasteiger partial charge is 0.244 e. The monoisotopic (exact) mass is 328 g/mol. The Morgan fingerprint density at radius 3 is 2.79 bits per heavy atom. The van der Waals surface area contributed by atoms with E-state index in [9.17, 15) is 12.8 Å². The van der Waals surface area contributed by atoms with E-state index in [2.05, 4.69) is 5.32 Å². The number of nitrogens with zero attached hydrogens (tertiary/aromatic N) is 1. The molecule has 1 fully saturated rings. The van der Waals surface area contributed by atoms with Crippen LogP contribution < -0.4 is 5.32 Å². The number of hydrogen-bond donors (Lipinski definition) is 1. The Morgan fingerprint density at radius 1 is 1.47 bits per heavy atom. The van der Waals surface area contributed by atoms with Gasteiger partial charge in [0, 0.05) is 25.7 Å². The molecule has 1 saturated heterocycles. The summed E-state index contributed by atoms with van der Waals surface area (Å²) in [6, 6.07) is 3.43. The van der Waals surface area contributed by atoms with Crippen LogP contribution in [0, 0.1) is 5.82 Å². The minimum atomic E-state index is -3.73. The Morgan fingerprint density at radius 2 is 2.16 bits per heavy atom. The van der Waals surface area contributed by atoms with Crippen molar-refractivity contribution in [1.29, 1.82) is 0 Å². The fourth-order valence-electron chi connectivity index (χ4n) is 1.93. The van der Waals surface area contributed by atoms with Gasteiger partial charge < -0.3 is 5.32 Å². The molecule has 19 heavy (non-hydrogen) atoms. The van der Waals surface area contributed by atoms with Crippen LogP contribution in [-0.2, 0) is 10.0 Å². The highest BCUT2D eigenvalue weighted by atomic mass is 35.5. The summed E-state index contributed by atoms with van der Waals surface area (Å²) in [5, 5.41) is 3.19. The van der Waals surface area contributed by atoms with Gasteiger partial charge in [-0.3, -0.25) is 0 Å². The summed E-state index contributed by atoms with van der Waals surface area (Å²) in [5.74, 6) is -0.610. The molecule has 1 N–H and O–H groups in total. The van der Waals surface area contributed by atoms with Crippen molar-refractivity contribution >= 4 is 34.0 Å². The first-order chi connectivity index (χ1) is 8.41. The molecule has 4 nitrogen and oxygen atoms in total. The molecule has 1 unspecified atom stereocenters. The highest BCUT2D eigenvalue weighted by Crippen LogP contribution is 2.26. The van der Waals surface area contributed by atoms with Gasteiger partial charge in [0.05, 0.1) is 5.02 Å². The Kier molecular flexibility index (Phi) is 5.58. The molecule has 1 aromatic rings. The van der Waals surface area contributed by atoms with E-state index in [1.807, 2.05) is 6.92 Å². The summed E-state index contributed by atoms with van der Waals surface area (Å²) in [4.78, 5) is -0.168. The van der Waals surface area contributed by atoms with E-state index >= 15 is 0 Å². The summed E-state index contributed by atoms with van der Waals surface area (Å²) in [7, 11) is -3.73. The van der Waals surface area contributed by atoms with E-state index < -0.39 is 15.8 Å². The van der Waals surface area contributed by atoms with Gasteiger partial charge in [-0.05, 0) is 25.1 Å². The molecular formula is C11H15Cl2FN2O2S. The van der Waals surface area contributed by atoms with E-state index in [0.717, 1.165) is 12.1 Å². The third-order valence-electron chi connectivity index (χ3n) is 2.84. The van der Waals surface area contributed by atoms with Gasteiger partial charge in [-0.2, -0.15) is 4.31 Å². The van der Waals surface area contributed by atoms with E-state index in [1.165, 1.54) is 10.4 Å². The summed E-state index contributed by atoms with van der Waals surface area (Å²) >= 11 is 5.85. The maximum Gasteiger partial charge on any atom is 0.244 e. The fourth-order valence-corrected chi connectivity index (χ4v) is 3.94. The van der Waals surface area contributed by atoms with Gasteiger partial charge in [0.25, 0.3) is 0 Å². The number of piperazine rings is 1. The van der Waals surface area contributed by atoms with Gasteiger partial charge in [-0.25, -0.2) is 12.8 Å². The quantitative estimate of drug-likeness (QED) is 0.901. The number of halogens is 3. The van der Waals surface area contributed by atoms with E-state index in [0.29, 0.717) is 19.6 Å². The van der Waals surface area contributed by atoms with Gasteiger partial charge in [0.2, 0.25) is 10.0 Å². The average molecular weight is 329 g/mol. The summed E-state index contributed by atoms with van der Waals surface area (Å²) in [6.45, 7) is 3.19. The molecule has 0 spiro atoms. The highest BCUT2D eigenvalue weighted by Gasteiger charge is 2.30. The van der Waals surface area contributed by atoms with Crippen molar-refractivity contribution in [3.63, 3.8) is 0 Å². The molecule has 108 valence electrons. The van der Waals surface area contributed by atoms with Gasteiger partial charge in [0.15, 0.2) is 0 Å². The predicted octanol–water partition coefficient (Wildman–Crippen LogP) is 1.88. The summed E-state index contributed by atoms with van der Waals surface area (Å²) < 4.78 is 39.2. The fraction of sp³-hybridized carbons (Fsp3) is 0.455. The number of sulfonamides is 1. The molecule has 0 aromatic heterocycles. The predicted molar refractivity (Wildman–Crippen MR) is 74.9 cm³/mol. The molecular weight excluding hydrogens is 314 g/mol. The first kappa shape index (κ1) is 16.7. The Labute approximate surface area is 123 Å². The van der Waals surface area contributed by atoms with Gasteiger partial charge in [-0.15, -0.1) is 12.4 Å². The zero-order chi connectivity index (χ0) is 13.3. The van der Waals surface area contributed by atoms with Gasteiger partial charge >= 0.3 is 0 Å². The molecule has 1 aliphatic rings. The van der Waals surface area contributed by atoms with Crippen molar-refractivity contribution in [2.75, 3.05) is 19.6 Å². The summed E-state index contributed by atoms with van der Waals surface area (Å²) in [6.07, 6.45) is 0. The standard InChI is InChI=1S/C11H14ClFN2O2S.ClH/c1-8-7-15(5-4-14-8)18(16,17)11-6-9(13)2-3-10(11)12;/h2-3,6,8,14H,4-5,7H2,1H3;1H. The lowest BCUT2D eigenvalue weighted by atomic mass is 10.3. The lowest BCUT2D eigenvalue weighted by Crippen LogP contribution is -2.51. The van der Waals surface area contributed by atoms with Gasteiger partial charge in [-0.1, -0.05) is 11.6 Å². The third kappa shape index (κ3) is 3.58. The van der Waals surface area contributed by atoms with Crippen LogP contribution in [0.4, 0.5) is 4.39 Å². The van der Waals surface area contributed by atoms with Crippen LogP contribution in [0.25, 0.3) is 0 Å². The first-order valence-corrected chi connectivity index (χ1v) is 7.41. The molecule has 8 heteroatoms. The normalized spacial score (nSPS) is 20.9. The number of benzene rings is 1.